The average molecular weight is 421 g/mol. The number of carboxylic acids is 1. The normalized spacial score (nSPS) is 18.1. The zero-order chi connectivity index (χ0) is 21.4. The minimum atomic E-state index is -1.11. The molecule has 1 heterocycles. The van der Waals surface area contributed by atoms with Gasteiger partial charge in [-0.15, -0.1) is 0 Å². The molecule has 2 rings (SSSR count). The molecule has 0 aromatic heterocycles. The molecule has 0 radical (unpaired) electrons. The zero-order valence-electron chi connectivity index (χ0n) is 16.8. The Labute approximate surface area is 175 Å². The zero-order valence-corrected chi connectivity index (χ0v) is 17.6. The van der Waals surface area contributed by atoms with E-state index in [0.717, 1.165) is 17.3 Å². The maximum Gasteiger partial charge on any atom is 0.326 e. The summed E-state index contributed by atoms with van der Waals surface area (Å²) in [5.74, 6) is -1.73. The number of carbonyl (C=O) groups excluding carboxylic acids is 3. The molecule has 0 bridgehead atoms. The van der Waals surface area contributed by atoms with Gasteiger partial charge in [-0.2, -0.15) is 0 Å². The molecule has 1 aliphatic rings. The highest BCUT2D eigenvalue weighted by molar-refractivity contribution is 8.13. The quantitative estimate of drug-likeness (QED) is 0.634. The molecule has 1 aliphatic heterocycles. The summed E-state index contributed by atoms with van der Waals surface area (Å²) < 4.78 is 0. The lowest BCUT2D eigenvalue weighted by Gasteiger charge is -2.27. The van der Waals surface area contributed by atoms with Crippen molar-refractivity contribution in [2.45, 2.75) is 51.6 Å². The van der Waals surface area contributed by atoms with Gasteiger partial charge in [-0.25, -0.2) is 4.79 Å². The molecule has 7 nitrogen and oxygen atoms in total. The van der Waals surface area contributed by atoms with Gasteiger partial charge in [0.25, 0.3) is 0 Å². The van der Waals surface area contributed by atoms with Crippen LogP contribution in [0.25, 0.3) is 0 Å². The van der Waals surface area contributed by atoms with Crippen LogP contribution in [0.1, 0.15) is 38.7 Å². The number of carboxylic acid groups (broad SMARTS) is 1. The molecule has 3 atom stereocenters. The SMILES string of the molecule is CCC(=O)SCC(C)C(=O)N1CCC[C@H]1C(=O)N[C@@H](Cc1ccccc1)C(=O)O. The Balaban J connectivity index is 1.99. The van der Waals surface area contributed by atoms with Gasteiger partial charge in [0.1, 0.15) is 12.1 Å². The minimum absolute atomic E-state index is 0.0329. The molecule has 0 aliphatic carbocycles. The summed E-state index contributed by atoms with van der Waals surface area (Å²) in [7, 11) is 0. The molecule has 158 valence electrons. The molecule has 1 saturated heterocycles. The highest BCUT2D eigenvalue weighted by Crippen LogP contribution is 2.22. The fourth-order valence-electron chi connectivity index (χ4n) is 3.30. The van der Waals surface area contributed by atoms with Gasteiger partial charge < -0.3 is 15.3 Å². The second kappa shape index (κ2) is 11.0. The Morgan fingerprint density at radius 1 is 1.24 bits per heavy atom. The van der Waals surface area contributed by atoms with Crippen LogP contribution in [0.5, 0.6) is 0 Å². The van der Waals surface area contributed by atoms with Gasteiger partial charge in [0.2, 0.25) is 11.8 Å². The van der Waals surface area contributed by atoms with Crippen molar-refractivity contribution in [1.29, 1.82) is 0 Å². The first kappa shape index (κ1) is 22.9. The number of thioether (sulfide) groups is 1. The summed E-state index contributed by atoms with van der Waals surface area (Å²) in [5.41, 5.74) is 0.811. The van der Waals surface area contributed by atoms with Crippen LogP contribution in [0.2, 0.25) is 0 Å². The molecule has 29 heavy (non-hydrogen) atoms. The van der Waals surface area contributed by atoms with Crippen LogP contribution < -0.4 is 5.32 Å². The third-order valence-electron chi connectivity index (χ3n) is 4.94. The van der Waals surface area contributed by atoms with Crippen LogP contribution in [-0.4, -0.2) is 57.3 Å². The molecular formula is C21H28N2O5S. The fourth-order valence-corrected chi connectivity index (χ4v) is 4.08. The average Bonchev–Trinajstić information content (AvgIpc) is 3.21. The maximum atomic E-state index is 12.8. The second-order valence-electron chi connectivity index (χ2n) is 7.22. The lowest BCUT2D eigenvalue weighted by atomic mass is 10.1. The van der Waals surface area contributed by atoms with Crippen LogP contribution >= 0.6 is 11.8 Å². The molecule has 0 spiro atoms. The van der Waals surface area contributed by atoms with Gasteiger partial charge in [0.05, 0.1) is 0 Å². The summed E-state index contributed by atoms with van der Waals surface area (Å²) in [5, 5.41) is 12.1. The van der Waals surface area contributed by atoms with Gasteiger partial charge in [-0.3, -0.25) is 14.4 Å². The molecule has 2 N–H and O–H groups in total. The predicted molar refractivity (Wildman–Crippen MR) is 111 cm³/mol. The Morgan fingerprint density at radius 2 is 1.93 bits per heavy atom. The lowest BCUT2D eigenvalue weighted by molar-refractivity contribution is -0.144. The first-order valence-electron chi connectivity index (χ1n) is 9.86. The largest absolute Gasteiger partial charge is 0.480 e. The Kier molecular flexibility index (Phi) is 8.70. The highest BCUT2D eigenvalue weighted by Gasteiger charge is 2.37. The number of benzene rings is 1. The molecule has 2 amide bonds. The summed E-state index contributed by atoms with van der Waals surface area (Å²) >= 11 is 1.13. The number of rotatable bonds is 9. The summed E-state index contributed by atoms with van der Waals surface area (Å²) in [6, 6.07) is 7.36. The number of hydrogen-bond acceptors (Lipinski definition) is 5. The van der Waals surface area contributed by atoms with E-state index in [1.54, 1.807) is 13.8 Å². The van der Waals surface area contributed by atoms with E-state index in [2.05, 4.69) is 5.32 Å². The van der Waals surface area contributed by atoms with Crippen molar-refractivity contribution in [3.05, 3.63) is 35.9 Å². The van der Waals surface area contributed by atoms with E-state index >= 15 is 0 Å². The number of amides is 2. The summed E-state index contributed by atoms with van der Waals surface area (Å²) in [4.78, 5) is 50.2. The highest BCUT2D eigenvalue weighted by atomic mass is 32.2. The van der Waals surface area contributed by atoms with Crippen molar-refractivity contribution in [1.82, 2.24) is 10.2 Å². The van der Waals surface area contributed by atoms with Gasteiger partial charge >= 0.3 is 5.97 Å². The number of carbonyl (C=O) groups is 4. The Bertz CT molecular complexity index is 740. The van der Waals surface area contributed by atoms with Gasteiger partial charge in [0, 0.05) is 31.1 Å². The molecule has 1 unspecified atom stereocenters. The first-order valence-corrected chi connectivity index (χ1v) is 10.8. The Morgan fingerprint density at radius 3 is 2.55 bits per heavy atom. The second-order valence-corrected chi connectivity index (χ2v) is 8.29. The lowest BCUT2D eigenvalue weighted by Crippen LogP contribution is -2.52. The topological polar surface area (TPSA) is 104 Å². The monoisotopic (exact) mass is 420 g/mol. The smallest absolute Gasteiger partial charge is 0.326 e. The number of likely N-dealkylation sites (tertiary alicyclic amines) is 1. The molecule has 1 fully saturated rings. The van der Waals surface area contributed by atoms with E-state index in [1.165, 1.54) is 4.90 Å². The van der Waals surface area contributed by atoms with E-state index in [-0.39, 0.29) is 23.4 Å². The number of aliphatic carboxylic acids is 1. The molecule has 8 heteroatoms. The van der Waals surface area contributed by atoms with Gasteiger partial charge in [-0.1, -0.05) is 55.9 Å². The third-order valence-corrected chi connectivity index (χ3v) is 6.22. The van der Waals surface area contributed by atoms with E-state index in [0.29, 0.717) is 31.6 Å². The third kappa shape index (κ3) is 6.59. The van der Waals surface area contributed by atoms with E-state index < -0.39 is 24.0 Å². The van der Waals surface area contributed by atoms with Crippen molar-refractivity contribution in [2.75, 3.05) is 12.3 Å². The number of nitrogens with one attached hydrogen (secondary N) is 1. The Hall–Kier alpha value is -2.35. The van der Waals surface area contributed by atoms with E-state index in [9.17, 15) is 24.3 Å². The number of nitrogens with zero attached hydrogens (tertiary/aromatic N) is 1. The van der Waals surface area contributed by atoms with Crippen LogP contribution in [0.15, 0.2) is 30.3 Å². The standard InChI is InChI=1S/C21H28N2O5S/c1-3-18(24)29-13-14(2)20(26)23-11-7-10-17(23)19(25)22-16(21(27)28)12-15-8-5-4-6-9-15/h4-6,8-9,14,16-17H,3,7,10-13H2,1-2H3,(H,22,25)(H,27,28)/t14?,16-,17-/m0/s1. The molecule has 1 aromatic carbocycles. The van der Waals surface area contributed by atoms with Crippen molar-refractivity contribution in [3.8, 4) is 0 Å². The van der Waals surface area contributed by atoms with Crippen molar-refractivity contribution < 1.29 is 24.3 Å². The van der Waals surface area contributed by atoms with Crippen molar-refractivity contribution in [3.63, 3.8) is 0 Å². The van der Waals surface area contributed by atoms with Crippen molar-refractivity contribution in [2.24, 2.45) is 5.92 Å². The summed E-state index contributed by atoms with van der Waals surface area (Å²) in [6.07, 6.45) is 1.78. The van der Waals surface area contributed by atoms with Crippen LogP contribution in [0, 0.1) is 5.92 Å². The van der Waals surface area contributed by atoms with Crippen LogP contribution in [0.4, 0.5) is 0 Å². The number of hydrogen-bond donors (Lipinski definition) is 2. The fraction of sp³-hybridized carbons (Fsp3) is 0.524. The van der Waals surface area contributed by atoms with E-state index in [4.69, 9.17) is 0 Å². The van der Waals surface area contributed by atoms with Gasteiger partial charge in [-0.05, 0) is 18.4 Å². The van der Waals surface area contributed by atoms with Crippen molar-refractivity contribution >= 4 is 34.7 Å². The molecular weight excluding hydrogens is 392 g/mol. The predicted octanol–water partition coefficient (Wildman–Crippen LogP) is 2.10. The minimum Gasteiger partial charge on any atom is -0.480 e. The maximum absolute atomic E-state index is 12.8. The molecule has 1 aromatic rings. The van der Waals surface area contributed by atoms with Gasteiger partial charge in [0.15, 0.2) is 5.12 Å². The van der Waals surface area contributed by atoms with Crippen LogP contribution in [-0.2, 0) is 25.6 Å². The summed E-state index contributed by atoms with van der Waals surface area (Å²) in [6.45, 7) is 3.99. The van der Waals surface area contributed by atoms with Crippen LogP contribution in [0.3, 0.4) is 0 Å². The first-order chi connectivity index (χ1) is 13.8. The van der Waals surface area contributed by atoms with E-state index in [1.807, 2.05) is 30.3 Å². The molecule has 0 saturated carbocycles.